The number of rotatable bonds is 16. The molecule has 4 heteroatoms. The summed E-state index contributed by atoms with van der Waals surface area (Å²) < 4.78 is 0. The SMILES string of the molecule is CCc1c(N(c2ccc(C(C)(C)C)cc2)c2cc(N(c3ccc(C(C)(C)C)cc3)c3ccc4ccccc4c3CC)c3ccc4c(N(c5ccc(C(C)(C)C)cc5)c5ccc6ccccc6c5CC)cc(N(c5ccc(C(C)(C)C)cc5)c5ccc6ccccc6c5CC)c5ccc2c3c54)ccc2ccccc12. The summed E-state index contributed by atoms with van der Waals surface area (Å²) in [5.41, 5.74) is 23.4. The second-order valence-electron chi connectivity index (χ2n) is 34.0. The molecule has 0 aliphatic heterocycles. The van der Waals surface area contributed by atoms with Gasteiger partial charge < -0.3 is 19.6 Å². The molecule has 0 atom stereocenters. The van der Waals surface area contributed by atoms with Gasteiger partial charge in [-0.25, -0.2) is 0 Å². The summed E-state index contributed by atoms with van der Waals surface area (Å²) >= 11 is 0. The average Bonchev–Trinajstić information content (AvgIpc) is 0.695. The van der Waals surface area contributed by atoms with Crippen LogP contribution in [0.5, 0.6) is 0 Å². The van der Waals surface area contributed by atoms with E-state index in [9.17, 15) is 0 Å². The zero-order valence-corrected chi connectivity index (χ0v) is 66.2. The molecule has 0 aromatic heterocycles. The predicted octanol–water partition coefficient (Wildman–Crippen LogP) is 30.5. The van der Waals surface area contributed by atoms with Crippen molar-refractivity contribution in [2.24, 2.45) is 0 Å². The van der Waals surface area contributed by atoms with Gasteiger partial charge >= 0.3 is 0 Å². The first-order chi connectivity index (χ1) is 51.9. The lowest BCUT2D eigenvalue weighted by molar-refractivity contribution is 0.590. The van der Waals surface area contributed by atoms with E-state index in [4.69, 9.17) is 0 Å². The van der Waals surface area contributed by atoms with Crippen molar-refractivity contribution in [3.63, 3.8) is 0 Å². The lowest BCUT2D eigenvalue weighted by atomic mass is 9.86. The van der Waals surface area contributed by atoms with Crippen molar-refractivity contribution < 1.29 is 0 Å². The average molecular weight is 1410 g/mol. The lowest BCUT2D eigenvalue weighted by Gasteiger charge is -2.36. The van der Waals surface area contributed by atoms with E-state index in [1.807, 2.05) is 0 Å². The van der Waals surface area contributed by atoms with Crippen LogP contribution in [0.1, 0.15) is 155 Å². The maximum Gasteiger partial charge on any atom is 0.0561 e. The van der Waals surface area contributed by atoms with Crippen LogP contribution in [-0.2, 0) is 47.3 Å². The molecule has 0 amide bonds. The molecule has 0 saturated heterocycles. The van der Waals surface area contributed by atoms with Crippen molar-refractivity contribution in [2.75, 3.05) is 19.6 Å². The second kappa shape index (κ2) is 27.5. The van der Waals surface area contributed by atoms with E-state index < -0.39 is 0 Å². The molecule has 0 aliphatic rings. The fourth-order valence-electron chi connectivity index (χ4n) is 17.4. The Balaban J connectivity index is 1.14. The van der Waals surface area contributed by atoms with E-state index in [0.29, 0.717) is 0 Å². The molecule has 538 valence electrons. The Labute approximate surface area is 640 Å². The maximum absolute atomic E-state index is 2.63. The predicted molar refractivity (Wildman–Crippen MR) is 471 cm³/mol. The first kappa shape index (κ1) is 71.1. The van der Waals surface area contributed by atoms with Gasteiger partial charge in [-0.15, -0.1) is 0 Å². The summed E-state index contributed by atoms with van der Waals surface area (Å²) in [6.45, 7) is 37.2. The molecule has 0 N–H and O–H groups in total. The molecule has 4 nitrogen and oxygen atoms in total. The third-order valence-corrected chi connectivity index (χ3v) is 23.2. The topological polar surface area (TPSA) is 13.0 Å². The number of hydrogen-bond acceptors (Lipinski definition) is 4. The fourth-order valence-corrected chi connectivity index (χ4v) is 17.4. The van der Waals surface area contributed by atoms with Crippen LogP contribution in [0.15, 0.2) is 279 Å². The Morgan fingerprint density at radius 2 is 0.389 bits per heavy atom. The molecule has 0 heterocycles. The molecule has 16 aromatic rings. The summed E-state index contributed by atoms with van der Waals surface area (Å²) in [5, 5.41) is 17.0. The largest absolute Gasteiger partial charge is 0.309 e. The summed E-state index contributed by atoms with van der Waals surface area (Å²) in [5.74, 6) is 0. The van der Waals surface area contributed by atoms with Crippen LogP contribution in [0.3, 0.4) is 0 Å². The van der Waals surface area contributed by atoms with E-state index in [0.717, 1.165) is 115 Å². The van der Waals surface area contributed by atoms with Gasteiger partial charge in [0, 0.05) is 77.8 Å². The molecule has 0 saturated carbocycles. The minimum absolute atomic E-state index is 0.0726. The number of nitrogens with zero attached hydrogens (tertiary/aromatic N) is 4. The minimum Gasteiger partial charge on any atom is -0.309 e. The highest BCUT2D eigenvalue weighted by atomic mass is 15.2. The summed E-state index contributed by atoms with van der Waals surface area (Å²) in [6.07, 6.45) is 3.29. The summed E-state index contributed by atoms with van der Waals surface area (Å²) in [6, 6.07) is 108. The molecule has 0 radical (unpaired) electrons. The Morgan fingerprint density at radius 3 is 0.574 bits per heavy atom. The Morgan fingerprint density at radius 1 is 0.194 bits per heavy atom. The normalized spacial score (nSPS) is 12.4. The monoisotopic (exact) mass is 1410 g/mol. The molecule has 0 bridgehead atoms. The van der Waals surface area contributed by atoms with Crippen molar-refractivity contribution >= 4 is 144 Å². The molecule has 0 aliphatic carbocycles. The van der Waals surface area contributed by atoms with Gasteiger partial charge in [-0.05, 0) is 220 Å². The highest BCUT2D eigenvalue weighted by Crippen LogP contribution is 2.57. The van der Waals surface area contributed by atoms with Crippen molar-refractivity contribution in [3.05, 3.63) is 324 Å². The molecular formula is C104H102N4. The van der Waals surface area contributed by atoms with E-state index >= 15 is 0 Å². The smallest absolute Gasteiger partial charge is 0.0561 e. The number of aryl methyl sites for hydroxylation is 4. The highest BCUT2D eigenvalue weighted by Gasteiger charge is 2.33. The third kappa shape index (κ3) is 12.5. The number of hydrogen-bond donors (Lipinski definition) is 0. The van der Waals surface area contributed by atoms with Crippen LogP contribution in [0, 0.1) is 0 Å². The Hall–Kier alpha value is -11.2. The molecular weight excluding hydrogens is 1310 g/mol. The van der Waals surface area contributed by atoms with E-state index in [1.165, 1.54) is 98.4 Å². The highest BCUT2D eigenvalue weighted by molar-refractivity contribution is 6.33. The number of benzene rings is 16. The Kier molecular flexibility index (Phi) is 18.1. The summed E-state index contributed by atoms with van der Waals surface area (Å²) in [4.78, 5) is 10.5. The lowest BCUT2D eigenvalue weighted by Crippen LogP contribution is -2.18. The van der Waals surface area contributed by atoms with Gasteiger partial charge in [0.15, 0.2) is 0 Å². The van der Waals surface area contributed by atoms with Gasteiger partial charge in [-0.1, -0.05) is 305 Å². The second-order valence-corrected chi connectivity index (χ2v) is 34.0. The van der Waals surface area contributed by atoms with Crippen LogP contribution < -0.4 is 19.6 Å². The third-order valence-electron chi connectivity index (χ3n) is 23.2. The van der Waals surface area contributed by atoms with Crippen LogP contribution in [0.2, 0.25) is 0 Å². The molecule has 0 spiro atoms. The van der Waals surface area contributed by atoms with Gasteiger partial charge in [0.05, 0.1) is 22.7 Å². The fraction of sp³-hybridized carbons (Fsp3) is 0.231. The van der Waals surface area contributed by atoms with E-state index in [-0.39, 0.29) is 21.7 Å². The van der Waals surface area contributed by atoms with E-state index in [2.05, 4.69) is 409 Å². The zero-order valence-electron chi connectivity index (χ0n) is 66.2. The van der Waals surface area contributed by atoms with Crippen molar-refractivity contribution in [1.82, 2.24) is 0 Å². The van der Waals surface area contributed by atoms with Crippen molar-refractivity contribution in [2.45, 2.75) is 158 Å². The van der Waals surface area contributed by atoms with Crippen LogP contribution in [0.4, 0.5) is 68.2 Å². The number of fused-ring (bicyclic) bond motifs is 4. The number of anilines is 12. The molecule has 16 aromatic carbocycles. The zero-order chi connectivity index (χ0) is 75.3. The molecule has 0 unspecified atom stereocenters. The Bertz CT molecular complexity index is 5330. The summed E-state index contributed by atoms with van der Waals surface area (Å²) in [7, 11) is 0. The van der Waals surface area contributed by atoms with Crippen LogP contribution >= 0.6 is 0 Å². The first-order valence-corrected chi connectivity index (χ1v) is 39.4. The van der Waals surface area contributed by atoms with Crippen molar-refractivity contribution in [1.29, 1.82) is 0 Å². The van der Waals surface area contributed by atoms with Gasteiger partial charge in [0.1, 0.15) is 0 Å². The van der Waals surface area contributed by atoms with Gasteiger partial charge in [0.2, 0.25) is 0 Å². The quantitative estimate of drug-likeness (QED) is 0.0894. The van der Waals surface area contributed by atoms with Crippen LogP contribution in [-0.4, -0.2) is 0 Å². The maximum atomic E-state index is 2.63. The molecule has 0 fully saturated rings. The van der Waals surface area contributed by atoms with Gasteiger partial charge in [-0.3, -0.25) is 0 Å². The minimum atomic E-state index is -0.0726. The van der Waals surface area contributed by atoms with E-state index in [1.54, 1.807) is 0 Å². The molecule has 108 heavy (non-hydrogen) atoms. The van der Waals surface area contributed by atoms with Gasteiger partial charge in [0.25, 0.3) is 0 Å². The van der Waals surface area contributed by atoms with Gasteiger partial charge in [-0.2, -0.15) is 0 Å². The van der Waals surface area contributed by atoms with Crippen molar-refractivity contribution in [3.8, 4) is 0 Å². The first-order valence-electron chi connectivity index (χ1n) is 39.4. The molecule has 16 rings (SSSR count). The van der Waals surface area contributed by atoms with Crippen LogP contribution in [0.25, 0.3) is 75.4 Å². The standard InChI is InChI=1S/C104H102N4/c1-17-79-83-33-25-21-29-67(83)37-61-91(79)105(75-49-41-71(42-50-75)101(5,6)7)95-65-96(106(76-51-43-72(44-52-76)102(8,9)10)92-62-38-68-30-22-26-34-84(68)80(92)18-2)88-59-60-90-98(108(78-55-47-74(48-56-78)104(14,15)16)94-64-40-70-32-24-28-36-86(70)82(94)20-4)66-97(89-58-57-87(95)99(88)100(89)90)107(77-53-45-73(46-54-77)103(11,12)13)93-63-39-69-31-23-27-35-85(69)81(93)19-3/h21-66H,17-20H2,1-16H3.